The molecule has 0 aliphatic carbocycles. The van der Waals surface area contributed by atoms with Gasteiger partial charge in [-0.2, -0.15) is 0 Å². The second-order valence-corrected chi connectivity index (χ2v) is 5.39. The highest BCUT2D eigenvalue weighted by atomic mass is 16.5. The minimum Gasteiger partial charge on any atom is -0.478 e. The first kappa shape index (κ1) is 16.4. The zero-order valence-corrected chi connectivity index (χ0v) is 12.9. The molecule has 2 aromatic carbocycles. The van der Waals surface area contributed by atoms with Gasteiger partial charge in [0, 0.05) is 0 Å². The van der Waals surface area contributed by atoms with Crippen LogP contribution in [0.3, 0.4) is 0 Å². The van der Waals surface area contributed by atoms with Crippen LogP contribution in [0.15, 0.2) is 54.6 Å². The van der Waals surface area contributed by atoms with Gasteiger partial charge in [0.2, 0.25) is 0 Å². The molecule has 6 heteroatoms. The molecule has 23 heavy (non-hydrogen) atoms. The van der Waals surface area contributed by atoms with E-state index >= 15 is 0 Å². The van der Waals surface area contributed by atoms with Crippen LogP contribution in [0.25, 0.3) is 0 Å². The fourth-order valence-electron chi connectivity index (χ4n) is 2.01. The largest absolute Gasteiger partial charge is 0.478 e. The summed E-state index contributed by atoms with van der Waals surface area (Å²) >= 11 is 0. The number of nitrogens with zero attached hydrogens (tertiary/aromatic N) is 1. The Balaban J connectivity index is 2.50. The fraction of sp³-hybridized carbons (Fsp3) is 0.176. The Hall–Kier alpha value is -3.02. The lowest BCUT2D eigenvalue weighted by Gasteiger charge is -2.27. The summed E-state index contributed by atoms with van der Waals surface area (Å²) in [5.74, 6) is -0.861. The minimum atomic E-state index is -1.45. The topological polar surface area (TPSA) is 92.9 Å². The predicted molar refractivity (Wildman–Crippen MR) is 86.9 cm³/mol. The number of urea groups is 1. The van der Waals surface area contributed by atoms with Gasteiger partial charge in [-0.25, -0.2) is 9.59 Å². The molecule has 6 nitrogen and oxygen atoms in total. The molecule has 0 heterocycles. The number of hydrogen-bond donors (Lipinski definition) is 2. The number of nitrogens with two attached hydrogens (primary N) is 1. The van der Waals surface area contributed by atoms with E-state index in [1.165, 1.54) is 18.7 Å². The minimum absolute atomic E-state index is 0.252. The maximum Gasteiger partial charge on any atom is 0.347 e. The molecule has 2 aromatic rings. The molecule has 0 radical (unpaired) electrons. The van der Waals surface area contributed by atoms with Crippen molar-refractivity contribution in [2.75, 3.05) is 4.90 Å². The molecule has 0 aliphatic heterocycles. The van der Waals surface area contributed by atoms with Crippen LogP contribution < -0.4 is 15.4 Å². The van der Waals surface area contributed by atoms with Crippen molar-refractivity contribution in [3.63, 3.8) is 0 Å². The van der Waals surface area contributed by atoms with E-state index in [2.05, 4.69) is 0 Å². The van der Waals surface area contributed by atoms with Gasteiger partial charge in [-0.05, 0) is 38.1 Å². The summed E-state index contributed by atoms with van der Waals surface area (Å²) in [6, 6.07) is 14.8. The standard InChI is InChI=1S/C17H18N2O4/c1-17(2,15(20)21)23-14-11-7-6-10-13(14)19(16(18)22)12-8-4-3-5-9-12/h3-11H,1-2H3,(H2,18,22)(H,20,21). The molecule has 120 valence electrons. The molecule has 0 aromatic heterocycles. The molecule has 0 aliphatic rings. The van der Waals surface area contributed by atoms with Crippen molar-refractivity contribution in [1.29, 1.82) is 0 Å². The second kappa shape index (κ2) is 6.39. The van der Waals surface area contributed by atoms with E-state index in [4.69, 9.17) is 10.5 Å². The molecule has 2 rings (SSSR count). The number of hydrogen-bond acceptors (Lipinski definition) is 3. The number of carboxylic acids is 1. The third-order valence-electron chi connectivity index (χ3n) is 3.22. The van der Waals surface area contributed by atoms with Gasteiger partial charge in [0.15, 0.2) is 5.60 Å². The number of anilines is 2. The van der Waals surface area contributed by atoms with Crippen LogP contribution in [0, 0.1) is 0 Å². The number of carbonyl (C=O) groups is 2. The third-order valence-corrected chi connectivity index (χ3v) is 3.22. The van der Waals surface area contributed by atoms with E-state index in [0.717, 1.165) is 0 Å². The first-order valence-electron chi connectivity index (χ1n) is 6.99. The Kier molecular flexibility index (Phi) is 4.55. The highest BCUT2D eigenvalue weighted by Crippen LogP contribution is 2.35. The molecule has 0 bridgehead atoms. The van der Waals surface area contributed by atoms with E-state index in [9.17, 15) is 14.7 Å². The highest BCUT2D eigenvalue weighted by molar-refractivity contribution is 5.99. The molecular weight excluding hydrogens is 296 g/mol. The van der Waals surface area contributed by atoms with Crippen LogP contribution in [-0.4, -0.2) is 22.7 Å². The first-order chi connectivity index (χ1) is 10.8. The molecule has 0 saturated heterocycles. The van der Waals surface area contributed by atoms with E-state index in [1.807, 2.05) is 6.07 Å². The lowest BCUT2D eigenvalue weighted by atomic mass is 10.1. The Morgan fingerprint density at radius 3 is 2.17 bits per heavy atom. The van der Waals surface area contributed by atoms with Gasteiger partial charge < -0.3 is 15.6 Å². The first-order valence-corrected chi connectivity index (χ1v) is 6.99. The molecule has 3 N–H and O–H groups in total. The maximum absolute atomic E-state index is 11.9. The van der Waals surface area contributed by atoms with Crippen LogP contribution in [0.1, 0.15) is 13.8 Å². The van der Waals surface area contributed by atoms with E-state index in [-0.39, 0.29) is 5.75 Å². The lowest BCUT2D eigenvalue weighted by molar-refractivity contribution is -0.152. The number of carbonyl (C=O) groups excluding carboxylic acids is 1. The van der Waals surface area contributed by atoms with Gasteiger partial charge in [0.05, 0.1) is 11.4 Å². The molecule has 0 saturated carbocycles. The molecule has 0 atom stereocenters. The molecule has 0 spiro atoms. The van der Waals surface area contributed by atoms with Crippen LogP contribution >= 0.6 is 0 Å². The van der Waals surface area contributed by atoms with Crippen LogP contribution in [0.2, 0.25) is 0 Å². The predicted octanol–water partition coefficient (Wildman–Crippen LogP) is 3.15. The quantitative estimate of drug-likeness (QED) is 0.886. The molecule has 0 unspecified atom stereocenters. The van der Waals surface area contributed by atoms with E-state index < -0.39 is 17.6 Å². The van der Waals surface area contributed by atoms with Crippen molar-refractivity contribution in [3.05, 3.63) is 54.6 Å². The van der Waals surface area contributed by atoms with Crippen LogP contribution in [-0.2, 0) is 4.79 Å². The van der Waals surface area contributed by atoms with Crippen LogP contribution in [0.4, 0.5) is 16.2 Å². The molecule has 0 fully saturated rings. The summed E-state index contributed by atoms with van der Waals surface area (Å²) in [7, 11) is 0. The molecular formula is C17H18N2O4. The number of carboxylic acid groups (broad SMARTS) is 1. The zero-order valence-electron chi connectivity index (χ0n) is 12.9. The monoisotopic (exact) mass is 314 g/mol. The van der Waals surface area contributed by atoms with Gasteiger partial charge in [-0.3, -0.25) is 4.90 Å². The van der Waals surface area contributed by atoms with Crippen molar-refractivity contribution < 1.29 is 19.4 Å². The highest BCUT2D eigenvalue weighted by Gasteiger charge is 2.31. The average Bonchev–Trinajstić information content (AvgIpc) is 2.49. The van der Waals surface area contributed by atoms with Gasteiger partial charge in [0.1, 0.15) is 5.75 Å². The van der Waals surface area contributed by atoms with Crippen molar-refractivity contribution in [2.24, 2.45) is 5.73 Å². The Morgan fingerprint density at radius 1 is 1.04 bits per heavy atom. The number of para-hydroxylation sites is 3. The number of rotatable bonds is 5. The summed E-state index contributed by atoms with van der Waals surface area (Å²) in [5, 5.41) is 9.23. The zero-order chi connectivity index (χ0) is 17.0. The normalized spacial score (nSPS) is 10.9. The summed E-state index contributed by atoms with van der Waals surface area (Å²) in [5.41, 5.74) is 4.99. The number of aliphatic carboxylic acids is 1. The number of amides is 2. The maximum atomic E-state index is 11.9. The lowest BCUT2D eigenvalue weighted by Crippen LogP contribution is -2.39. The number of ether oxygens (including phenoxy) is 1. The summed E-state index contributed by atoms with van der Waals surface area (Å²) in [6.07, 6.45) is 0. The number of primary amides is 1. The van der Waals surface area contributed by atoms with Gasteiger partial charge in [-0.15, -0.1) is 0 Å². The van der Waals surface area contributed by atoms with Gasteiger partial charge >= 0.3 is 12.0 Å². The van der Waals surface area contributed by atoms with Crippen LogP contribution in [0.5, 0.6) is 5.75 Å². The van der Waals surface area contributed by atoms with Crippen molar-refractivity contribution >= 4 is 23.4 Å². The van der Waals surface area contributed by atoms with Crippen molar-refractivity contribution in [2.45, 2.75) is 19.4 Å². The Bertz CT molecular complexity index is 714. The van der Waals surface area contributed by atoms with Crippen molar-refractivity contribution in [1.82, 2.24) is 0 Å². The smallest absolute Gasteiger partial charge is 0.347 e. The van der Waals surface area contributed by atoms with E-state index in [1.54, 1.807) is 48.5 Å². The van der Waals surface area contributed by atoms with Gasteiger partial charge in [0.25, 0.3) is 0 Å². The second-order valence-electron chi connectivity index (χ2n) is 5.39. The summed E-state index contributed by atoms with van der Waals surface area (Å²) in [4.78, 5) is 24.5. The summed E-state index contributed by atoms with van der Waals surface area (Å²) in [6.45, 7) is 2.87. The SMILES string of the molecule is CC(C)(Oc1ccccc1N(C(N)=O)c1ccccc1)C(=O)O. The Morgan fingerprint density at radius 2 is 1.61 bits per heavy atom. The number of benzene rings is 2. The van der Waals surface area contributed by atoms with E-state index in [0.29, 0.717) is 11.4 Å². The fourth-order valence-corrected chi connectivity index (χ4v) is 2.01. The third kappa shape index (κ3) is 3.60. The van der Waals surface area contributed by atoms with Crippen molar-refractivity contribution in [3.8, 4) is 5.75 Å². The summed E-state index contributed by atoms with van der Waals surface area (Å²) < 4.78 is 5.60. The molecule has 2 amide bonds. The Labute approximate surface area is 134 Å². The average molecular weight is 314 g/mol. The van der Waals surface area contributed by atoms with Gasteiger partial charge in [-0.1, -0.05) is 30.3 Å².